The second kappa shape index (κ2) is 6.15. The number of nitrogens with one attached hydrogen (secondary N) is 1. The summed E-state index contributed by atoms with van der Waals surface area (Å²) >= 11 is 0. The Morgan fingerprint density at radius 2 is 2.25 bits per heavy atom. The fraction of sp³-hybridized carbons (Fsp3) is 0.368. The molecule has 1 atom stereocenters. The van der Waals surface area contributed by atoms with E-state index in [4.69, 9.17) is 0 Å². The molecule has 0 bridgehead atoms. The number of hydrogen-bond donors (Lipinski definition) is 1. The number of hydrogen-bond acceptors (Lipinski definition) is 2. The molecule has 1 aromatic carbocycles. The summed E-state index contributed by atoms with van der Waals surface area (Å²) in [5.74, 6) is 0.214. The number of para-hydroxylation sites is 1. The average molecular weight is 322 g/mol. The van der Waals surface area contributed by atoms with Gasteiger partial charge in [-0.1, -0.05) is 18.2 Å². The minimum atomic E-state index is 0.214. The van der Waals surface area contributed by atoms with E-state index in [9.17, 15) is 4.79 Å². The molecule has 1 unspecified atom stereocenters. The maximum atomic E-state index is 12.8. The molecule has 1 fully saturated rings. The molecule has 1 saturated heterocycles. The van der Waals surface area contributed by atoms with Gasteiger partial charge in [0.05, 0.1) is 25.2 Å². The number of aryl methyl sites for hydroxylation is 1. The van der Waals surface area contributed by atoms with E-state index in [-0.39, 0.29) is 11.9 Å². The average Bonchev–Trinajstić information content (AvgIpc) is 3.29. The van der Waals surface area contributed by atoms with E-state index in [1.807, 2.05) is 53.3 Å². The molecule has 0 radical (unpaired) electrons. The lowest BCUT2D eigenvalue weighted by atomic mass is 10.1. The van der Waals surface area contributed by atoms with E-state index >= 15 is 0 Å². The molecular weight excluding hydrogens is 300 g/mol. The third-order valence-corrected chi connectivity index (χ3v) is 4.87. The van der Waals surface area contributed by atoms with E-state index in [0.717, 1.165) is 48.0 Å². The van der Waals surface area contributed by atoms with Gasteiger partial charge in [0.25, 0.3) is 0 Å². The van der Waals surface area contributed by atoms with Crippen molar-refractivity contribution in [2.45, 2.75) is 38.8 Å². The summed E-state index contributed by atoms with van der Waals surface area (Å²) in [5.41, 5.74) is 3.33. The van der Waals surface area contributed by atoms with Gasteiger partial charge in [-0.25, -0.2) is 0 Å². The Hall–Kier alpha value is -2.56. The Labute approximate surface area is 141 Å². The Morgan fingerprint density at radius 3 is 3.08 bits per heavy atom. The summed E-state index contributed by atoms with van der Waals surface area (Å²) in [6, 6.07) is 8.39. The Morgan fingerprint density at radius 1 is 1.38 bits per heavy atom. The lowest BCUT2D eigenvalue weighted by Gasteiger charge is -2.24. The molecule has 0 spiro atoms. The van der Waals surface area contributed by atoms with Crippen LogP contribution < -0.4 is 0 Å². The highest BCUT2D eigenvalue weighted by atomic mass is 16.2. The van der Waals surface area contributed by atoms with Gasteiger partial charge in [0.2, 0.25) is 5.91 Å². The Bertz CT molecular complexity index is 863. The van der Waals surface area contributed by atoms with E-state index in [1.54, 1.807) is 0 Å². The second-order valence-corrected chi connectivity index (χ2v) is 6.66. The predicted octanol–water partition coefficient (Wildman–Crippen LogP) is 2.91. The van der Waals surface area contributed by atoms with Crippen molar-refractivity contribution in [1.29, 1.82) is 0 Å². The highest BCUT2D eigenvalue weighted by Crippen LogP contribution is 2.23. The van der Waals surface area contributed by atoms with Crippen molar-refractivity contribution in [2.75, 3.05) is 6.54 Å². The number of nitrogens with zero attached hydrogens (tertiary/aromatic N) is 3. The smallest absolute Gasteiger partial charge is 0.227 e. The number of carbonyl (C=O) groups excluding carboxylic acids is 1. The number of H-pyrrole nitrogens is 1. The largest absolute Gasteiger partial charge is 0.361 e. The third kappa shape index (κ3) is 2.82. The quantitative estimate of drug-likeness (QED) is 0.803. The molecule has 0 saturated carbocycles. The first-order valence-electron chi connectivity index (χ1n) is 8.54. The number of aromatic amines is 1. The van der Waals surface area contributed by atoms with Crippen molar-refractivity contribution >= 4 is 16.8 Å². The highest BCUT2D eigenvalue weighted by molar-refractivity contribution is 5.89. The number of likely N-dealkylation sites (tertiary alicyclic amines) is 1. The summed E-state index contributed by atoms with van der Waals surface area (Å²) in [6.07, 6.45) is 8.46. The first-order valence-corrected chi connectivity index (χ1v) is 8.54. The van der Waals surface area contributed by atoms with Crippen molar-refractivity contribution in [2.24, 2.45) is 0 Å². The van der Waals surface area contributed by atoms with Crippen LogP contribution in [0.2, 0.25) is 0 Å². The fourth-order valence-electron chi connectivity index (χ4n) is 3.68. The van der Waals surface area contributed by atoms with Crippen molar-refractivity contribution in [3.8, 4) is 0 Å². The van der Waals surface area contributed by atoms with Crippen LogP contribution in [-0.2, 0) is 17.8 Å². The molecule has 1 amide bonds. The van der Waals surface area contributed by atoms with E-state index in [0.29, 0.717) is 6.42 Å². The van der Waals surface area contributed by atoms with Crippen molar-refractivity contribution in [1.82, 2.24) is 19.7 Å². The maximum Gasteiger partial charge on any atom is 0.227 e. The topological polar surface area (TPSA) is 53.9 Å². The van der Waals surface area contributed by atoms with Crippen molar-refractivity contribution in [3.63, 3.8) is 0 Å². The number of benzene rings is 1. The zero-order chi connectivity index (χ0) is 16.5. The van der Waals surface area contributed by atoms with Gasteiger partial charge < -0.3 is 9.88 Å². The van der Waals surface area contributed by atoms with Gasteiger partial charge in [0, 0.05) is 29.8 Å². The van der Waals surface area contributed by atoms with Crippen LogP contribution in [0.25, 0.3) is 10.9 Å². The monoisotopic (exact) mass is 322 g/mol. The number of rotatable bonds is 4. The highest BCUT2D eigenvalue weighted by Gasteiger charge is 2.29. The summed E-state index contributed by atoms with van der Waals surface area (Å²) in [4.78, 5) is 18.1. The lowest BCUT2D eigenvalue weighted by Crippen LogP contribution is -2.39. The molecule has 1 aliphatic rings. The third-order valence-electron chi connectivity index (χ3n) is 4.87. The standard InChI is InChI=1S/C19H22N4O/c1-14-10-21-22(12-14)13-16-5-4-8-23(16)19(24)9-15-11-20-18-7-3-2-6-17(15)18/h2-3,6-7,10-12,16,20H,4-5,8-9,13H2,1H3. The summed E-state index contributed by atoms with van der Waals surface area (Å²) in [6.45, 7) is 3.68. The zero-order valence-electron chi connectivity index (χ0n) is 13.9. The summed E-state index contributed by atoms with van der Waals surface area (Å²) in [7, 11) is 0. The van der Waals surface area contributed by atoms with Gasteiger partial charge in [-0.2, -0.15) is 5.10 Å². The van der Waals surface area contributed by atoms with Crippen LogP contribution in [0.15, 0.2) is 42.9 Å². The number of amides is 1. The van der Waals surface area contributed by atoms with Crippen LogP contribution >= 0.6 is 0 Å². The van der Waals surface area contributed by atoms with E-state index in [2.05, 4.69) is 16.1 Å². The fourth-order valence-corrected chi connectivity index (χ4v) is 3.68. The van der Waals surface area contributed by atoms with Crippen LogP contribution in [0.1, 0.15) is 24.0 Å². The first kappa shape index (κ1) is 15.0. The molecule has 124 valence electrons. The van der Waals surface area contributed by atoms with E-state index in [1.165, 1.54) is 0 Å². The molecular formula is C19H22N4O. The predicted molar refractivity (Wildman–Crippen MR) is 93.7 cm³/mol. The number of fused-ring (bicyclic) bond motifs is 1. The lowest BCUT2D eigenvalue weighted by molar-refractivity contribution is -0.131. The van der Waals surface area contributed by atoms with Gasteiger partial charge in [-0.05, 0) is 37.0 Å². The molecule has 4 rings (SSSR count). The normalized spacial score (nSPS) is 17.7. The minimum absolute atomic E-state index is 0.214. The van der Waals surface area contributed by atoms with Gasteiger partial charge in [-0.15, -0.1) is 0 Å². The molecule has 5 nitrogen and oxygen atoms in total. The molecule has 2 aromatic heterocycles. The molecule has 1 aliphatic heterocycles. The van der Waals surface area contributed by atoms with Crippen molar-refractivity contribution in [3.05, 3.63) is 54.0 Å². The van der Waals surface area contributed by atoms with Crippen LogP contribution in [0, 0.1) is 6.92 Å². The van der Waals surface area contributed by atoms with Gasteiger partial charge in [-0.3, -0.25) is 9.48 Å². The summed E-state index contributed by atoms with van der Waals surface area (Å²) in [5, 5.41) is 5.51. The van der Waals surface area contributed by atoms with Gasteiger partial charge in [0.15, 0.2) is 0 Å². The van der Waals surface area contributed by atoms with Crippen LogP contribution in [0.4, 0.5) is 0 Å². The van der Waals surface area contributed by atoms with Gasteiger partial charge >= 0.3 is 0 Å². The SMILES string of the molecule is Cc1cnn(CC2CCCN2C(=O)Cc2c[nH]c3ccccc23)c1. The first-order chi connectivity index (χ1) is 11.7. The van der Waals surface area contributed by atoms with Crippen LogP contribution in [0.3, 0.4) is 0 Å². The number of aromatic nitrogens is 3. The molecule has 5 heteroatoms. The molecule has 0 aliphatic carbocycles. The Balaban J connectivity index is 1.48. The molecule has 1 N–H and O–H groups in total. The zero-order valence-corrected chi connectivity index (χ0v) is 13.9. The van der Waals surface area contributed by atoms with Gasteiger partial charge in [0.1, 0.15) is 0 Å². The van der Waals surface area contributed by atoms with Crippen molar-refractivity contribution < 1.29 is 4.79 Å². The van der Waals surface area contributed by atoms with Crippen LogP contribution in [0.5, 0.6) is 0 Å². The molecule has 24 heavy (non-hydrogen) atoms. The van der Waals surface area contributed by atoms with Crippen LogP contribution in [-0.4, -0.2) is 38.2 Å². The number of carbonyl (C=O) groups is 1. The minimum Gasteiger partial charge on any atom is -0.361 e. The molecule has 3 heterocycles. The van der Waals surface area contributed by atoms with E-state index < -0.39 is 0 Å². The summed E-state index contributed by atoms with van der Waals surface area (Å²) < 4.78 is 1.96. The Kier molecular flexibility index (Phi) is 3.84. The second-order valence-electron chi connectivity index (χ2n) is 6.66. The molecule has 3 aromatic rings. The maximum absolute atomic E-state index is 12.8.